The van der Waals surface area contributed by atoms with E-state index in [1.165, 1.54) is 13.8 Å². The fourth-order valence-corrected chi connectivity index (χ4v) is 2.84. The number of carbonyl (C=O) groups excluding carboxylic acids is 1. The molecule has 100 valence electrons. The van der Waals surface area contributed by atoms with Gasteiger partial charge in [0.25, 0.3) is 0 Å². The van der Waals surface area contributed by atoms with Crippen LogP contribution in [0.4, 0.5) is 5.13 Å². The van der Waals surface area contributed by atoms with Crippen molar-refractivity contribution in [3.63, 3.8) is 0 Å². The Morgan fingerprint density at radius 3 is 2.50 bits per heavy atom. The molecule has 2 N–H and O–H groups in total. The molecule has 18 heavy (non-hydrogen) atoms. The van der Waals surface area contributed by atoms with Crippen molar-refractivity contribution in [1.82, 2.24) is 4.98 Å². The molecule has 1 rings (SSSR count). The lowest BCUT2D eigenvalue weighted by atomic mass is 10.0. The van der Waals surface area contributed by atoms with Gasteiger partial charge in [0.05, 0.1) is 5.38 Å². The third kappa shape index (κ3) is 2.88. The molecule has 0 aliphatic rings. The number of hydrogen-bond acceptors (Lipinski definition) is 4. The number of aliphatic carboxylic acids is 1. The standard InChI is InChI=1S/C9H9Cl3N2O3S/c1-3(10)9(12,7(16)17)5-6(11)18-8(14-5)13-4(2)15/h3H,1-2H3,(H,16,17)(H,13,14,15). The van der Waals surface area contributed by atoms with Gasteiger partial charge in [0.15, 0.2) is 5.13 Å². The van der Waals surface area contributed by atoms with E-state index >= 15 is 0 Å². The van der Waals surface area contributed by atoms with E-state index in [9.17, 15) is 14.7 Å². The van der Waals surface area contributed by atoms with Gasteiger partial charge in [-0.2, -0.15) is 0 Å². The number of carbonyl (C=O) groups is 2. The van der Waals surface area contributed by atoms with E-state index in [1.54, 1.807) is 0 Å². The van der Waals surface area contributed by atoms with E-state index in [2.05, 4.69) is 10.3 Å². The van der Waals surface area contributed by atoms with Crippen LogP contribution in [-0.4, -0.2) is 27.3 Å². The highest BCUT2D eigenvalue weighted by Gasteiger charge is 2.47. The number of thiazole rings is 1. The molecule has 0 aromatic carbocycles. The monoisotopic (exact) mass is 330 g/mol. The smallest absolute Gasteiger partial charge is 0.332 e. The molecule has 2 atom stereocenters. The van der Waals surface area contributed by atoms with Crippen LogP contribution in [0.2, 0.25) is 4.34 Å². The van der Waals surface area contributed by atoms with Crippen molar-refractivity contribution in [2.45, 2.75) is 24.1 Å². The molecule has 0 radical (unpaired) electrons. The van der Waals surface area contributed by atoms with Crippen molar-refractivity contribution in [1.29, 1.82) is 0 Å². The largest absolute Gasteiger partial charge is 0.480 e. The van der Waals surface area contributed by atoms with Crippen molar-refractivity contribution < 1.29 is 14.7 Å². The summed E-state index contributed by atoms with van der Waals surface area (Å²) in [5.41, 5.74) is -0.0745. The number of nitrogens with zero attached hydrogens (tertiary/aromatic N) is 1. The second kappa shape index (κ2) is 5.61. The third-order valence-electron chi connectivity index (χ3n) is 2.07. The van der Waals surface area contributed by atoms with Gasteiger partial charge in [-0.3, -0.25) is 4.79 Å². The van der Waals surface area contributed by atoms with E-state index in [4.69, 9.17) is 34.8 Å². The summed E-state index contributed by atoms with van der Waals surface area (Å²) in [6, 6.07) is 0. The first-order valence-corrected chi connectivity index (χ1v) is 6.71. The van der Waals surface area contributed by atoms with Crippen molar-refractivity contribution in [2.24, 2.45) is 0 Å². The Labute approximate surface area is 122 Å². The summed E-state index contributed by atoms with van der Waals surface area (Å²) in [6.45, 7) is 2.72. The minimum Gasteiger partial charge on any atom is -0.480 e. The van der Waals surface area contributed by atoms with E-state index in [0.717, 1.165) is 11.3 Å². The van der Waals surface area contributed by atoms with E-state index in [1.807, 2.05) is 0 Å². The Kier molecular flexibility index (Phi) is 4.83. The Morgan fingerprint density at radius 2 is 2.11 bits per heavy atom. The number of rotatable bonds is 4. The average Bonchev–Trinajstić information content (AvgIpc) is 2.56. The summed E-state index contributed by atoms with van der Waals surface area (Å²) in [6.07, 6.45) is 0. The number of carboxylic acids is 1. The quantitative estimate of drug-likeness (QED) is 0.831. The first-order valence-electron chi connectivity index (χ1n) is 4.70. The van der Waals surface area contributed by atoms with Crippen molar-refractivity contribution >= 4 is 63.1 Å². The number of halogens is 3. The molecule has 1 aromatic heterocycles. The minimum atomic E-state index is -1.94. The molecule has 9 heteroatoms. The van der Waals surface area contributed by atoms with Gasteiger partial charge in [0.1, 0.15) is 10.0 Å². The van der Waals surface area contributed by atoms with Crippen LogP contribution in [0, 0.1) is 0 Å². The van der Waals surface area contributed by atoms with E-state index < -0.39 is 16.2 Å². The molecule has 0 spiro atoms. The Hall–Kier alpha value is -0.560. The lowest BCUT2D eigenvalue weighted by Crippen LogP contribution is -2.38. The molecule has 1 aromatic rings. The molecule has 0 saturated carbocycles. The zero-order valence-corrected chi connectivity index (χ0v) is 12.4. The van der Waals surface area contributed by atoms with Crippen LogP contribution in [0.3, 0.4) is 0 Å². The van der Waals surface area contributed by atoms with Crippen molar-refractivity contribution in [3.05, 3.63) is 10.0 Å². The van der Waals surface area contributed by atoms with Gasteiger partial charge in [0.2, 0.25) is 10.8 Å². The molecule has 1 amide bonds. The number of aromatic nitrogens is 1. The Balaban J connectivity index is 3.26. The first kappa shape index (κ1) is 15.5. The molecule has 0 fully saturated rings. The predicted octanol–water partition coefficient (Wildman–Crippen LogP) is 2.90. The van der Waals surface area contributed by atoms with Gasteiger partial charge in [-0.1, -0.05) is 34.5 Å². The molecule has 5 nitrogen and oxygen atoms in total. The fourth-order valence-electron chi connectivity index (χ4n) is 1.19. The van der Waals surface area contributed by atoms with Crippen LogP contribution in [0.15, 0.2) is 0 Å². The Bertz CT molecular complexity index is 491. The van der Waals surface area contributed by atoms with Crippen LogP contribution in [-0.2, 0) is 14.5 Å². The number of nitrogens with one attached hydrogen (secondary N) is 1. The number of carboxylic acid groups (broad SMARTS) is 1. The summed E-state index contributed by atoms with van der Waals surface area (Å²) in [4.78, 5) is 24.1. The van der Waals surface area contributed by atoms with Gasteiger partial charge >= 0.3 is 5.97 Å². The molecular weight excluding hydrogens is 323 g/mol. The predicted molar refractivity (Wildman–Crippen MR) is 71.9 cm³/mol. The second-order valence-electron chi connectivity index (χ2n) is 3.46. The maximum atomic E-state index is 11.2. The van der Waals surface area contributed by atoms with Crippen LogP contribution < -0.4 is 5.32 Å². The average molecular weight is 332 g/mol. The van der Waals surface area contributed by atoms with Gasteiger partial charge in [-0.25, -0.2) is 9.78 Å². The first-order chi connectivity index (χ1) is 8.19. The number of hydrogen-bond donors (Lipinski definition) is 2. The normalized spacial score (nSPS) is 15.8. The van der Waals surface area contributed by atoms with Crippen LogP contribution >= 0.6 is 46.1 Å². The molecule has 0 aliphatic heterocycles. The number of alkyl halides is 2. The summed E-state index contributed by atoms with van der Waals surface area (Å²) < 4.78 is 0.0728. The second-order valence-corrected chi connectivity index (χ2v) is 6.31. The van der Waals surface area contributed by atoms with Gasteiger partial charge < -0.3 is 10.4 Å². The molecular formula is C9H9Cl3N2O3S. The zero-order chi connectivity index (χ0) is 14.1. The minimum absolute atomic E-state index is 0.0728. The van der Waals surface area contributed by atoms with Gasteiger partial charge in [0, 0.05) is 6.92 Å². The summed E-state index contributed by atoms with van der Waals surface area (Å²) >= 11 is 18.6. The summed E-state index contributed by atoms with van der Waals surface area (Å²) in [5, 5.41) is 10.8. The molecule has 2 unspecified atom stereocenters. The summed E-state index contributed by atoms with van der Waals surface area (Å²) in [5.74, 6) is -1.70. The highest BCUT2D eigenvalue weighted by molar-refractivity contribution is 7.19. The van der Waals surface area contributed by atoms with Crippen LogP contribution in [0.1, 0.15) is 19.5 Å². The maximum absolute atomic E-state index is 11.2. The fraction of sp³-hybridized carbons (Fsp3) is 0.444. The molecule has 1 heterocycles. The highest BCUT2D eigenvalue weighted by atomic mass is 35.5. The number of amides is 1. The highest BCUT2D eigenvalue weighted by Crippen LogP contribution is 2.42. The van der Waals surface area contributed by atoms with Crippen LogP contribution in [0.5, 0.6) is 0 Å². The molecule has 0 aliphatic carbocycles. The lowest BCUT2D eigenvalue weighted by molar-refractivity contribution is -0.140. The zero-order valence-electron chi connectivity index (χ0n) is 9.33. The van der Waals surface area contributed by atoms with Crippen LogP contribution in [0.25, 0.3) is 0 Å². The SMILES string of the molecule is CC(=O)Nc1nc(C(Cl)(C(=O)O)C(C)Cl)c(Cl)s1. The topological polar surface area (TPSA) is 79.3 Å². The number of anilines is 1. The van der Waals surface area contributed by atoms with E-state index in [0.29, 0.717) is 0 Å². The van der Waals surface area contributed by atoms with Crippen molar-refractivity contribution in [2.75, 3.05) is 5.32 Å². The summed E-state index contributed by atoms with van der Waals surface area (Å²) in [7, 11) is 0. The van der Waals surface area contributed by atoms with E-state index in [-0.39, 0.29) is 21.1 Å². The Morgan fingerprint density at radius 1 is 1.56 bits per heavy atom. The van der Waals surface area contributed by atoms with Gasteiger partial charge in [-0.05, 0) is 6.92 Å². The molecule has 0 bridgehead atoms. The maximum Gasteiger partial charge on any atom is 0.332 e. The third-order valence-corrected chi connectivity index (χ3v) is 4.35. The molecule has 0 saturated heterocycles. The lowest BCUT2D eigenvalue weighted by Gasteiger charge is -2.23. The van der Waals surface area contributed by atoms with Crippen molar-refractivity contribution in [3.8, 4) is 0 Å². The van der Waals surface area contributed by atoms with Gasteiger partial charge in [-0.15, -0.1) is 11.6 Å².